The van der Waals surface area contributed by atoms with Crippen LogP contribution in [-0.4, -0.2) is 38.9 Å². The summed E-state index contributed by atoms with van der Waals surface area (Å²) in [6.45, 7) is 0. The summed E-state index contributed by atoms with van der Waals surface area (Å²) in [5, 5.41) is 14.0. The average molecular weight is 472 g/mol. The Bertz CT molecular complexity index is 1180. The Morgan fingerprint density at radius 1 is 0.914 bits per heavy atom. The summed E-state index contributed by atoms with van der Waals surface area (Å²) in [4.78, 5) is 34.2. The number of aromatic hydroxyl groups is 1. The van der Waals surface area contributed by atoms with Gasteiger partial charge in [-0.05, 0) is 73.7 Å². The summed E-state index contributed by atoms with van der Waals surface area (Å²) >= 11 is 0. The van der Waals surface area contributed by atoms with E-state index in [2.05, 4.69) is 10.3 Å². The number of phenolic OH excluding ortho intramolecular Hbond substituents is 1. The van der Waals surface area contributed by atoms with Crippen molar-refractivity contribution in [2.75, 3.05) is 0 Å². The zero-order valence-electron chi connectivity index (χ0n) is 20.0. The highest BCUT2D eigenvalue weighted by molar-refractivity contribution is 5.98. The zero-order valence-corrected chi connectivity index (χ0v) is 20.0. The van der Waals surface area contributed by atoms with E-state index in [-0.39, 0.29) is 29.6 Å². The first-order valence-corrected chi connectivity index (χ1v) is 12.9. The number of fused-ring (bicyclic) bond motifs is 1. The van der Waals surface area contributed by atoms with E-state index in [1.165, 1.54) is 12.1 Å². The monoisotopic (exact) mass is 471 g/mol. The molecule has 182 valence electrons. The fourth-order valence-corrected chi connectivity index (χ4v) is 5.66. The first-order chi connectivity index (χ1) is 17.1. The Labute approximate surface area is 206 Å². The standard InChI is InChI=1S/C29H33N3O3/c33-25-15-12-20(13-16-25)29(35)32(24-10-2-1-3-11-24)27(28(34)31-23-8-4-5-9-23)22-14-17-26-21(19-22)7-6-18-30-26/h6-7,12-19,23-24,27,33H,1-5,8-11H2,(H,31,34)/t27-/m1/s1. The highest BCUT2D eigenvalue weighted by Crippen LogP contribution is 2.34. The lowest BCUT2D eigenvalue weighted by atomic mass is 9.90. The van der Waals surface area contributed by atoms with Crippen molar-refractivity contribution in [3.05, 3.63) is 71.9 Å². The summed E-state index contributed by atoms with van der Waals surface area (Å²) in [5.41, 5.74) is 2.15. The van der Waals surface area contributed by atoms with Crippen molar-refractivity contribution in [1.82, 2.24) is 15.2 Å². The van der Waals surface area contributed by atoms with Gasteiger partial charge in [-0.2, -0.15) is 0 Å². The smallest absolute Gasteiger partial charge is 0.255 e. The Balaban J connectivity index is 1.59. The molecule has 1 heterocycles. The van der Waals surface area contributed by atoms with Crippen molar-refractivity contribution in [2.45, 2.75) is 75.9 Å². The van der Waals surface area contributed by atoms with Crippen molar-refractivity contribution in [3.8, 4) is 5.75 Å². The van der Waals surface area contributed by atoms with Crippen molar-refractivity contribution in [3.63, 3.8) is 0 Å². The minimum atomic E-state index is -0.732. The normalized spacial score (nSPS) is 17.8. The van der Waals surface area contributed by atoms with Gasteiger partial charge in [-0.3, -0.25) is 14.6 Å². The number of benzene rings is 2. The molecular weight excluding hydrogens is 438 g/mol. The van der Waals surface area contributed by atoms with Crippen LogP contribution >= 0.6 is 0 Å². The molecule has 2 aromatic carbocycles. The molecule has 2 aliphatic rings. The molecule has 35 heavy (non-hydrogen) atoms. The van der Waals surface area contributed by atoms with Crippen LogP contribution in [0.1, 0.15) is 79.8 Å². The Kier molecular flexibility index (Phi) is 6.98. The van der Waals surface area contributed by atoms with E-state index in [0.717, 1.165) is 74.3 Å². The predicted molar refractivity (Wildman–Crippen MR) is 136 cm³/mol. The summed E-state index contributed by atoms with van der Waals surface area (Å²) < 4.78 is 0. The van der Waals surface area contributed by atoms with Crippen LogP contribution in [0.15, 0.2) is 60.8 Å². The molecule has 2 N–H and O–H groups in total. The van der Waals surface area contributed by atoms with Crippen molar-refractivity contribution in [1.29, 1.82) is 0 Å². The van der Waals surface area contributed by atoms with Crippen molar-refractivity contribution in [2.24, 2.45) is 0 Å². The third kappa shape index (κ3) is 5.16. The molecule has 2 fully saturated rings. The number of amides is 2. The molecule has 5 rings (SSSR count). The van der Waals surface area contributed by atoms with Crippen molar-refractivity contribution < 1.29 is 14.7 Å². The van der Waals surface area contributed by atoms with Crippen LogP contribution < -0.4 is 5.32 Å². The third-order valence-corrected chi connectivity index (χ3v) is 7.49. The minimum absolute atomic E-state index is 0.0195. The molecule has 0 aliphatic heterocycles. The largest absolute Gasteiger partial charge is 0.508 e. The average Bonchev–Trinajstić information content (AvgIpc) is 3.40. The molecule has 1 aromatic heterocycles. The van der Waals surface area contributed by atoms with Gasteiger partial charge in [0.1, 0.15) is 11.8 Å². The second kappa shape index (κ2) is 10.5. The van der Waals surface area contributed by atoms with Gasteiger partial charge in [-0.15, -0.1) is 0 Å². The lowest BCUT2D eigenvalue weighted by molar-refractivity contribution is -0.127. The Morgan fingerprint density at radius 2 is 1.63 bits per heavy atom. The molecule has 0 radical (unpaired) electrons. The van der Waals surface area contributed by atoms with E-state index in [1.807, 2.05) is 35.2 Å². The number of carbonyl (C=O) groups is 2. The highest BCUT2D eigenvalue weighted by atomic mass is 16.3. The number of carbonyl (C=O) groups excluding carboxylic acids is 2. The number of aromatic nitrogens is 1. The number of nitrogens with one attached hydrogen (secondary N) is 1. The van der Waals surface area contributed by atoms with Gasteiger partial charge in [0, 0.05) is 29.2 Å². The van der Waals surface area contributed by atoms with Crippen LogP contribution in [0.4, 0.5) is 0 Å². The quantitative estimate of drug-likeness (QED) is 0.496. The van der Waals surface area contributed by atoms with Gasteiger partial charge < -0.3 is 15.3 Å². The SMILES string of the molecule is O=C(NC1CCCC1)[C@@H](c1ccc2ncccc2c1)N(C(=O)c1ccc(O)cc1)C1CCCCC1. The van der Waals surface area contributed by atoms with Crippen LogP contribution in [0.3, 0.4) is 0 Å². The number of pyridine rings is 1. The fourth-order valence-electron chi connectivity index (χ4n) is 5.66. The molecule has 6 nitrogen and oxygen atoms in total. The fraction of sp³-hybridized carbons (Fsp3) is 0.414. The van der Waals surface area contributed by atoms with Gasteiger partial charge in [0.15, 0.2) is 0 Å². The van der Waals surface area contributed by atoms with Gasteiger partial charge >= 0.3 is 0 Å². The number of rotatable bonds is 6. The van der Waals surface area contributed by atoms with Crippen LogP contribution in [0.25, 0.3) is 10.9 Å². The molecule has 1 atom stereocenters. The number of hydrogen-bond donors (Lipinski definition) is 2. The maximum atomic E-state index is 14.0. The summed E-state index contributed by atoms with van der Waals surface area (Å²) in [5.74, 6) is -0.170. The maximum Gasteiger partial charge on any atom is 0.255 e. The molecular formula is C29H33N3O3. The summed E-state index contributed by atoms with van der Waals surface area (Å²) in [6, 6.07) is 15.5. The summed E-state index contributed by atoms with van der Waals surface area (Å²) in [6.07, 6.45) is 11.0. The molecule has 2 saturated carbocycles. The summed E-state index contributed by atoms with van der Waals surface area (Å²) in [7, 11) is 0. The van der Waals surface area contributed by atoms with E-state index in [9.17, 15) is 14.7 Å². The van der Waals surface area contributed by atoms with E-state index in [4.69, 9.17) is 0 Å². The number of phenols is 1. The topological polar surface area (TPSA) is 82.5 Å². The predicted octanol–water partition coefficient (Wildman–Crippen LogP) is 5.52. The molecule has 3 aromatic rings. The van der Waals surface area contributed by atoms with Crippen LogP contribution in [-0.2, 0) is 4.79 Å². The first-order valence-electron chi connectivity index (χ1n) is 12.9. The van der Waals surface area contributed by atoms with Gasteiger partial charge in [-0.25, -0.2) is 0 Å². The molecule has 0 spiro atoms. The molecule has 0 saturated heterocycles. The van der Waals surface area contributed by atoms with Gasteiger partial charge in [-0.1, -0.05) is 44.2 Å². The Hall–Kier alpha value is -3.41. The maximum absolute atomic E-state index is 14.0. The van der Waals surface area contributed by atoms with E-state index >= 15 is 0 Å². The second-order valence-electron chi connectivity index (χ2n) is 9.90. The van der Waals surface area contributed by atoms with E-state index in [1.54, 1.807) is 18.3 Å². The van der Waals surface area contributed by atoms with E-state index in [0.29, 0.717) is 5.56 Å². The van der Waals surface area contributed by atoms with Gasteiger partial charge in [0.25, 0.3) is 5.91 Å². The Morgan fingerprint density at radius 3 is 2.37 bits per heavy atom. The lowest BCUT2D eigenvalue weighted by Crippen LogP contribution is -2.50. The third-order valence-electron chi connectivity index (χ3n) is 7.49. The van der Waals surface area contributed by atoms with Crippen LogP contribution in [0, 0.1) is 0 Å². The lowest BCUT2D eigenvalue weighted by Gasteiger charge is -2.40. The molecule has 0 unspecified atom stereocenters. The minimum Gasteiger partial charge on any atom is -0.508 e. The van der Waals surface area contributed by atoms with Crippen LogP contribution in [0.5, 0.6) is 5.75 Å². The number of hydrogen-bond acceptors (Lipinski definition) is 4. The van der Waals surface area contributed by atoms with Crippen LogP contribution in [0.2, 0.25) is 0 Å². The second-order valence-corrected chi connectivity index (χ2v) is 9.90. The molecule has 0 bridgehead atoms. The molecule has 6 heteroatoms. The van der Waals surface area contributed by atoms with Gasteiger partial charge in [0.2, 0.25) is 5.91 Å². The highest BCUT2D eigenvalue weighted by Gasteiger charge is 2.38. The zero-order chi connectivity index (χ0) is 24.2. The number of nitrogens with zero attached hydrogens (tertiary/aromatic N) is 2. The molecule has 2 aliphatic carbocycles. The van der Waals surface area contributed by atoms with Gasteiger partial charge in [0.05, 0.1) is 5.52 Å². The van der Waals surface area contributed by atoms with Crippen molar-refractivity contribution >= 4 is 22.7 Å². The van der Waals surface area contributed by atoms with E-state index < -0.39 is 6.04 Å². The molecule has 2 amide bonds. The first kappa shape index (κ1) is 23.3.